The Balaban J connectivity index is 1.44. The summed E-state index contributed by atoms with van der Waals surface area (Å²) >= 11 is 1.49. The summed E-state index contributed by atoms with van der Waals surface area (Å²) < 4.78 is 5.45. The van der Waals surface area contributed by atoms with E-state index in [0.29, 0.717) is 10.6 Å². The van der Waals surface area contributed by atoms with Crippen LogP contribution in [0.1, 0.15) is 39.9 Å². The minimum atomic E-state index is -0.884. The Labute approximate surface area is 174 Å². The summed E-state index contributed by atoms with van der Waals surface area (Å²) in [5.41, 5.74) is 3.88. The lowest BCUT2D eigenvalue weighted by atomic mass is 9.99. The molecule has 29 heavy (non-hydrogen) atoms. The number of hydrogen-bond donors (Lipinski definition) is 1. The Morgan fingerprint density at radius 2 is 1.72 bits per heavy atom. The third-order valence-corrected chi connectivity index (χ3v) is 6.34. The molecule has 1 atom stereocenters. The molecule has 3 aromatic rings. The van der Waals surface area contributed by atoms with Crippen LogP contribution in [-0.4, -0.2) is 18.0 Å². The minimum Gasteiger partial charge on any atom is -0.448 e. The van der Waals surface area contributed by atoms with Crippen LogP contribution in [-0.2, 0) is 22.4 Å². The first kappa shape index (κ1) is 19.4. The van der Waals surface area contributed by atoms with Gasteiger partial charge in [0.15, 0.2) is 6.10 Å². The molecule has 1 amide bonds. The summed E-state index contributed by atoms with van der Waals surface area (Å²) in [7, 11) is 0. The smallest absolute Gasteiger partial charge is 0.349 e. The van der Waals surface area contributed by atoms with E-state index in [1.165, 1.54) is 28.2 Å². The number of anilines is 1. The van der Waals surface area contributed by atoms with E-state index in [-0.39, 0.29) is 5.91 Å². The molecule has 4 nitrogen and oxygen atoms in total. The molecular weight excluding hydrogens is 382 g/mol. The second kappa shape index (κ2) is 8.62. The number of thiophene rings is 1. The standard InChI is InChI=1S/C24H23NO3S/c1-16(28-24(27)22-15-18-11-5-8-14-21(18)29-22)23(26)25-20-13-7-6-12-19(20)17-9-3-2-4-10-17/h2-4,6-7,9-10,12-13,15-16H,5,8,11,14H2,1H3,(H,25,26)/t16-/m1/s1. The van der Waals surface area contributed by atoms with Gasteiger partial charge < -0.3 is 10.1 Å². The maximum absolute atomic E-state index is 12.7. The number of para-hydroxylation sites is 1. The Hall–Kier alpha value is -2.92. The third-order valence-electron chi connectivity index (χ3n) is 5.12. The molecule has 1 heterocycles. The first-order valence-electron chi connectivity index (χ1n) is 9.89. The number of carbonyl (C=O) groups is 2. The van der Waals surface area contributed by atoms with Gasteiger partial charge in [0, 0.05) is 16.1 Å². The maximum Gasteiger partial charge on any atom is 0.349 e. The number of fused-ring (bicyclic) bond motifs is 1. The number of amides is 1. The van der Waals surface area contributed by atoms with Crippen molar-refractivity contribution >= 4 is 28.9 Å². The second-order valence-corrected chi connectivity index (χ2v) is 8.35. The number of esters is 1. The highest BCUT2D eigenvalue weighted by Gasteiger charge is 2.23. The van der Waals surface area contributed by atoms with Gasteiger partial charge in [0.05, 0.1) is 0 Å². The fourth-order valence-electron chi connectivity index (χ4n) is 3.56. The van der Waals surface area contributed by atoms with E-state index in [9.17, 15) is 9.59 Å². The molecule has 5 heteroatoms. The van der Waals surface area contributed by atoms with Crippen LogP contribution >= 0.6 is 11.3 Å². The van der Waals surface area contributed by atoms with E-state index < -0.39 is 12.1 Å². The van der Waals surface area contributed by atoms with Gasteiger partial charge in [0.2, 0.25) is 0 Å². The summed E-state index contributed by atoms with van der Waals surface area (Å²) in [6.07, 6.45) is 3.50. The highest BCUT2D eigenvalue weighted by Crippen LogP contribution is 2.31. The topological polar surface area (TPSA) is 55.4 Å². The highest BCUT2D eigenvalue weighted by molar-refractivity contribution is 7.14. The molecule has 0 fully saturated rings. The maximum atomic E-state index is 12.7. The van der Waals surface area contributed by atoms with Crippen molar-refractivity contribution in [2.45, 2.75) is 38.7 Å². The largest absolute Gasteiger partial charge is 0.448 e. The number of hydrogen-bond acceptors (Lipinski definition) is 4. The SMILES string of the molecule is C[C@@H](OC(=O)c1cc2c(s1)CCCC2)C(=O)Nc1ccccc1-c1ccccc1. The van der Waals surface area contributed by atoms with Crippen molar-refractivity contribution in [1.82, 2.24) is 0 Å². The average Bonchev–Trinajstić information content (AvgIpc) is 3.19. The van der Waals surface area contributed by atoms with E-state index >= 15 is 0 Å². The zero-order valence-corrected chi connectivity index (χ0v) is 17.1. The van der Waals surface area contributed by atoms with Crippen LogP contribution in [0, 0.1) is 0 Å². The van der Waals surface area contributed by atoms with Gasteiger partial charge in [-0.3, -0.25) is 4.79 Å². The van der Waals surface area contributed by atoms with E-state index in [0.717, 1.165) is 30.4 Å². The number of benzene rings is 2. The van der Waals surface area contributed by atoms with Gasteiger partial charge >= 0.3 is 5.97 Å². The number of ether oxygens (including phenoxy) is 1. The first-order chi connectivity index (χ1) is 14.1. The number of carbonyl (C=O) groups excluding carboxylic acids is 2. The molecule has 148 valence electrons. The van der Waals surface area contributed by atoms with Gasteiger partial charge in [-0.1, -0.05) is 48.5 Å². The molecular formula is C24H23NO3S. The van der Waals surface area contributed by atoms with Gasteiger partial charge in [0.1, 0.15) is 4.88 Å². The fourth-order valence-corrected chi connectivity index (χ4v) is 4.70. The van der Waals surface area contributed by atoms with Gasteiger partial charge in [-0.05, 0) is 55.9 Å². The Kier molecular flexibility index (Phi) is 5.76. The van der Waals surface area contributed by atoms with Gasteiger partial charge in [-0.15, -0.1) is 11.3 Å². The normalized spacial score (nSPS) is 14.0. The molecule has 1 aromatic heterocycles. The Bertz CT molecular complexity index is 1000. The Morgan fingerprint density at radius 1 is 1.00 bits per heavy atom. The van der Waals surface area contributed by atoms with Gasteiger partial charge in [0.25, 0.3) is 5.91 Å². The number of aryl methyl sites for hydroxylation is 2. The number of nitrogens with one attached hydrogen (secondary N) is 1. The van der Waals surface area contributed by atoms with E-state index in [4.69, 9.17) is 4.74 Å². The predicted octanol–water partition coefficient (Wildman–Crippen LogP) is 5.48. The summed E-state index contributed by atoms with van der Waals surface area (Å²) in [5.74, 6) is -0.772. The molecule has 1 aliphatic carbocycles. The fraction of sp³-hybridized carbons (Fsp3) is 0.250. The van der Waals surface area contributed by atoms with Crippen LogP contribution in [0.5, 0.6) is 0 Å². The second-order valence-electron chi connectivity index (χ2n) is 7.21. The van der Waals surface area contributed by atoms with Crippen molar-refractivity contribution < 1.29 is 14.3 Å². The predicted molar refractivity (Wildman–Crippen MR) is 116 cm³/mol. The molecule has 2 aromatic carbocycles. The quantitative estimate of drug-likeness (QED) is 0.572. The molecule has 0 unspecified atom stereocenters. The molecule has 0 radical (unpaired) electrons. The zero-order valence-electron chi connectivity index (χ0n) is 16.3. The lowest BCUT2D eigenvalue weighted by Gasteiger charge is -2.15. The van der Waals surface area contributed by atoms with E-state index in [1.54, 1.807) is 6.92 Å². The molecule has 0 saturated carbocycles. The molecule has 0 saturated heterocycles. The third kappa shape index (κ3) is 4.40. The van der Waals surface area contributed by atoms with E-state index in [1.807, 2.05) is 60.7 Å². The summed E-state index contributed by atoms with van der Waals surface area (Å²) in [6.45, 7) is 1.60. The monoisotopic (exact) mass is 405 g/mol. The van der Waals surface area contributed by atoms with Crippen molar-refractivity contribution in [2.24, 2.45) is 0 Å². The lowest BCUT2D eigenvalue weighted by Crippen LogP contribution is -2.30. The van der Waals surface area contributed by atoms with E-state index in [2.05, 4.69) is 5.32 Å². The molecule has 0 bridgehead atoms. The van der Waals surface area contributed by atoms with Crippen LogP contribution in [0.4, 0.5) is 5.69 Å². The molecule has 4 rings (SSSR count). The summed E-state index contributed by atoms with van der Waals surface area (Å²) in [4.78, 5) is 27.1. The Morgan fingerprint density at radius 3 is 2.52 bits per heavy atom. The molecule has 0 aliphatic heterocycles. The lowest BCUT2D eigenvalue weighted by molar-refractivity contribution is -0.123. The first-order valence-corrected chi connectivity index (χ1v) is 10.7. The van der Waals surface area contributed by atoms with Gasteiger partial charge in [-0.2, -0.15) is 0 Å². The van der Waals surface area contributed by atoms with Crippen molar-refractivity contribution in [3.63, 3.8) is 0 Å². The average molecular weight is 406 g/mol. The van der Waals surface area contributed by atoms with Crippen LogP contribution < -0.4 is 5.32 Å². The molecule has 1 aliphatic rings. The summed E-state index contributed by atoms with van der Waals surface area (Å²) in [6, 6.07) is 19.4. The highest BCUT2D eigenvalue weighted by atomic mass is 32.1. The molecule has 0 spiro atoms. The van der Waals surface area contributed by atoms with Crippen LogP contribution in [0.2, 0.25) is 0 Å². The molecule has 1 N–H and O–H groups in total. The zero-order chi connectivity index (χ0) is 20.2. The summed E-state index contributed by atoms with van der Waals surface area (Å²) in [5, 5.41) is 2.90. The van der Waals surface area contributed by atoms with Crippen molar-refractivity contribution in [1.29, 1.82) is 0 Å². The van der Waals surface area contributed by atoms with Crippen LogP contribution in [0.3, 0.4) is 0 Å². The van der Waals surface area contributed by atoms with Crippen molar-refractivity contribution in [2.75, 3.05) is 5.32 Å². The van der Waals surface area contributed by atoms with Gasteiger partial charge in [-0.25, -0.2) is 4.79 Å². The van der Waals surface area contributed by atoms with Crippen LogP contribution in [0.15, 0.2) is 60.7 Å². The van der Waals surface area contributed by atoms with Crippen molar-refractivity contribution in [3.05, 3.63) is 76.0 Å². The van der Waals surface area contributed by atoms with Crippen molar-refractivity contribution in [3.8, 4) is 11.1 Å². The van der Waals surface area contributed by atoms with Crippen LogP contribution in [0.25, 0.3) is 11.1 Å². The minimum absolute atomic E-state index is 0.344. The number of rotatable bonds is 5.